The van der Waals surface area contributed by atoms with Crippen molar-refractivity contribution in [1.29, 1.82) is 0 Å². The van der Waals surface area contributed by atoms with Gasteiger partial charge in [-0.3, -0.25) is 14.3 Å². The van der Waals surface area contributed by atoms with Crippen LogP contribution in [-0.4, -0.2) is 45.3 Å². The fraction of sp³-hybridized carbons (Fsp3) is 0.435. The van der Waals surface area contributed by atoms with E-state index in [-0.39, 0.29) is 11.5 Å². The third kappa shape index (κ3) is 3.23. The van der Waals surface area contributed by atoms with E-state index in [0.717, 1.165) is 72.2 Å². The molecule has 7 nitrogen and oxygen atoms in total. The quantitative estimate of drug-likeness (QED) is 0.710. The number of nitrogens with zero attached hydrogens (tertiary/aromatic N) is 3. The molecule has 0 radical (unpaired) electrons. The first kappa shape index (κ1) is 19.1. The molecule has 2 aliphatic rings. The van der Waals surface area contributed by atoms with Gasteiger partial charge in [-0.2, -0.15) is 5.10 Å². The molecule has 1 aromatic carbocycles. The highest BCUT2D eigenvalue weighted by molar-refractivity contribution is 5.96. The number of hydrogen-bond acceptors (Lipinski definition) is 4. The first-order chi connectivity index (χ1) is 14.5. The van der Waals surface area contributed by atoms with Crippen molar-refractivity contribution in [2.75, 3.05) is 19.8 Å². The molecule has 2 aliphatic heterocycles. The molecule has 0 aliphatic carbocycles. The minimum atomic E-state index is -0.114. The summed E-state index contributed by atoms with van der Waals surface area (Å²) in [6.07, 6.45) is 4.48. The Hall–Kier alpha value is -2.93. The highest BCUT2D eigenvalue weighted by Gasteiger charge is 2.30. The molecule has 30 heavy (non-hydrogen) atoms. The van der Waals surface area contributed by atoms with E-state index in [2.05, 4.69) is 15.7 Å². The lowest BCUT2D eigenvalue weighted by Crippen LogP contribution is -2.35. The number of aryl methyl sites for hydroxylation is 1. The van der Waals surface area contributed by atoms with Gasteiger partial charge in [0.25, 0.3) is 0 Å². The zero-order chi connectivity index (χ0) is 20.8. The Bertz CT molecular complexity index is 1190. The van der Waals surface area contributed by atoms with Gasteiger partial charge in [-0.05, 0) is 36.8 Å². The number of H-pyrrole nitrogens is 1. The number of benzene rings is 1. The van der Waals surface area contributed by atoms with E-state index in [1.807, 2.05) is 17.9 Å². The van der Waals surface area contributed by atoms with Crippen molar-refractivity contribution >= 4 is 16.7 Å². The summed E-state index contributed by atoms with van der Waals surface area (Å²) in [5.41, 5.74) is 5.25. The standard InChI is InChI=1S/C23H26N4O3/c1-14-9-16-11-22(29)24-12-19(16)18(10-14)23-20-13-26(15(2)28)6-3-21(20)27(25-23)17-4-7-30-8-5-17/h9-12,17H,3-8,13H2,1-2H3,(H,24,29). The van der Waals surface area contributed by atoms with Crippen molar-refractivity contribution in [2.24, 2.45) is 0 Å². The fourth-order valence-electron chi connectivity index (χ4n) is 4.79. The Labute approximate surface area is 174 Å². The lowest BCUT2D eigenvalue weighted by atomic mass is 9.95. The number of hydrogen-bond donors (Lipinski definition) is 1. The smallest absolute Gasteiger partial charge is 0.248 e. The van der Waals surface area contributed by atoms with Crippen LogP contribution < -0.4 is 5.56 Å². The van der Waals surface area contributed by atoms with Crippen LogP contribution in [0.25, 0.3) is 22.0 Å². The summed E-state index contributed by atoms with van der Waals surface area (Å²) in [7, 11) is 0. The second-order valence-corrected chi connectivity index (χ2v) is 8.37. The van der Waals surface area contributed by atoms with Crippen LogP contribution in [0.1, 0.15) is 42.6 Å². The van der Waals surface area contributed by atoms with Gasteiger partial charge >= 0.3 is 0 Å². The third-order valence-electron chi connectivity index (χ3n) is 6.32. The van der Waals surface area contributed by atoms with Crippen molar-refractivity contribution in [3.63, 3.8) is 0 Å². The van der Waals surface area contributed by atoms with E-state index in [0.29, 0.717) is 12.6 Å². The first-order valence-corrected chi connectivity index (χ1v) is 10.6. The van der Waals surface area contributed by atoms with Crippen LogP contribution in [-0.2, 0) is 22.5 Å². The van der Waals surface area contributed by atoms with Crippen LogP contribution >= 0.6 is 0 Å². The monoisotopic (exact) mass is 406 g/mol. The van der Waals surface area contributed by atoms with E-state index in [1.165, 1.54) is 5.69 Å². The Kier molecular flexibility index (Phi) is 4.70. The molecule has 3 aromatic rings. The number of carbonyl (C=O) groups is 1. The van der Waals surface area contributed by atoms with E-state index in [1.54, 1.807) is 19.2 Å². The minimum Gasteiger partial charge on any atom is -0.381 e. The van der Waals surface area contributed by atoms with Gasteiger partial charge in [-0.1, -0.05) is 6.07 Å². The molecule has 7 heteroatoms. The Morgan fingerprint density at radius 2 is 2.03 bits per heavy atom. The van der Waals surface area contributed by atoms with Gasteiger partial charge < -0.3 is 14.6 Å². The summed E-state index contributed by atoms with van der Waals surface area (Å²) in [6.45, 7) is 6.46. The predicted molar refractivity (Wildman–Crippen MR) is 114 cm³/mol. The molecule has 0 atom stereocenters. The molecule has 1 N–H and O–H groups in total. The maximum Gasteiger partial charge on any atom is 0.248 e. The Balaban J connectivity index is 1.72. The van der Waals surface area contributed by atoms with E-state index < -0.39 is 0 Å². The fourth-order valence-corrected chi connectivity index (χ4v) is 4.79. The number of aromatic nitrogens is 3. The number of carbonyl (C=O) groups excluding carboxylic acids is 1. The van der Waals surface area contributed by atoms with Gasteiger partial charge in [0.05, 0.1) is 11.7 Å². The third-order valence-corrected chi connectivity index (χ3v) is 6.32. The summed E-state index contributed by atoms with van der Waals surface area (Å²) in [5, 5.41) is 7.00. The van der Waals surface area contributed by atoms with E-state index in [4.69, 9.17) is 9.84 Å². The molecule has 1 amide bonds. The molecular weight excluding hydrogens is 380 g/mol. The molecule has 2 aromatic heterocycles. The summed E-state index contributed by atoms with van der Waals surface area (Å²) >= 11 is 0. The van der Waals surface area contributed by atoms with Crippen LogP contribution in [0.3, 0.4) is 0 Å². The highest BCUT2D eigenvalue weighted by Crippen LogP contribution is 2.37. The van der Waals surface area contributed by atoms with Crippen molar-refractivity contribution in [3.8, 4) is 11.3 Å². The van der Waals surface area contributed by atoms with Crippen LogP contribution in [0.4, 0.5) is 0 Å². The van der Waals surface area contributed by atoms with E-state index >= 15 is 0 Å². The summed E-state index contributed by atoms with van der Waals surface area (Å²) in [6, 6.07) is 6.11. The molecule has 0 spiro atoms. The lowest BCUT2D eigenvalue weighted by molar-refractivity contribution is -0.129. The molecule has 1 fully saturated rings. The number of amides is 1. The average molecular weight is 406 g/mol. The van der Waals surface area contributed by atoms with Crippen molar-refractivity contribution < 1.29 is 9.53 Å². The van der Waals surface area contributed by atoms with Gasteiger partial charge in [0.1, 0.15) is 0 Å². The molecule has 4 heterocycles. The largest absolute Gasteiger partial charge is 0.381 e. The molecule has 5 rings (SSSR count). The second kappa shape index (κ2) is 7.40. The zero-order valence-corrected chi connectivity index (χ0v) is 17.4. The molecule has 1 saturated heterocycles. The summed E-state index contributed by atoms with van der Waals surface area (Å²) in [5.74, 6) is 0.0869. The minimum absolute atomic E-state index is 0.0869. The number of aromatic amines is 1. The average Bonchev–Trinajstić information content (AvgIpc) is 3.12. The maximum absolute atomic E-state index is 12.1. The van der Waals surface area contributed by atoms with Crippen LogP contribution in [0, 0.1) is 6.92 Å². The van der Waals surface area contributed by atoms with Gasteiger partial charge in [0.2, 0.25) is 11.5 Å². The number of fused-ring (bicyclic) bond motifs is 2. The molecular formula is C23H26N4O3. The second-order valence-electron chi connectivity index (χ2n) is 8.37. The van der Waals surface area contributed by atoms with Crippen molar-refractivity contribution in [3.05, 3.63) is 51.6 Å². The number of nitrogens with one attached hydrogen (secondary N) is 1. The van der Waals surface area contributed by atoms with Gasteiger partial charge in [-0.15, -0.1) is 0 Å². The Morgan fingerprint density at radius 3 is 2.80 bits per heavy atom. The number of pyridine rings is 1. The van der Waals surface area contributed by atoms with Crippen molar-refractivity contribution in [1.82, 2.24) is 19.7 Å². The number of ether oxygens (including phenoxy) is 1. The van der Waals surface area contributed by atoms with Crippen molar-refractivity contribution in [2.45, 2.75) is 45.7 Å². The topological polar surface area (TPSA) is 80.2 Å². The van der Waals surface area contributed by atoms with Gasteiger partial charge in [0, 0.05) is 74.1 Å². The van der Waals surface area contributed by atoms with Crippen LogP contribution in [0.2, 0.25) is 0 Å². The predicted octanol–water partition coefficient (Wildman–Crippen LogP) is 2.96. The molecule has 0 unspecified atom stereocenters. The number of rotatable bonds is 2. The highest BCUT2D eigenvalue weighted by atomic mass is 16.5. The SMILES string of the molecule is CC(=O)N1CCc2c(c(-c3cc(C)cc4cc(=O)[nH]cc34)nn2C2CCOCC2)C1. The molecule has 0 bridgehead atoms. The van der Waals surface area contributed by atoms with E-state index in [9.17, 15) is 9.59 Å². The van der Waals surface area contributed by atoms with Crippen LogP contribution in [0.5, 0.6) is 0 Å². The summed E-state index contributed by atoms with van der Waals surface area (Å²) < 4.78 is 7.76. The molecule has 0 saturated carbocycles. The molecule has 156 valence electrons. The first-order valence-electron chi connectivity index (χ1n) is 10.6. The lowest BCUT2D eigenvalue weighted by Gasteiger charge is -2.29. The normalized spacial score (nSPS) is 17.3. The Morgan fingerprint density at radius 1 is 1.23 bits per heavy atom. The summed E-state index contributed by atoms with van der Waals surface area (Å²) in [4.78, 5) is 28.7. The van der Waals surface area contributed by atoms with Crippen LogP contribution in [0.15, 0.2) is 29.2 Å². The zero-order valence-electron chi connectivity index (χ0n) is 17.4. The van der Waals surface area contributed by atoms with Gasteiger partial charge in [0.15, 0.2) is 0 Å². The maximum atomic E-state index is 12.1. The van der Waals surface area contributed by atoms with Gasteiger partial charge in [-0.25, -0.2) is 0 Å².